The third kappa shape index (κ3) is 3.98. The molecule has 0 bridgehead atoms. The van der Waals surface area contributed by atoms with Gasteiger partial charge < -0.3 is 14.6 Å². The molecule has 1 rings (SSSR count). The number of aryl methyl sites for hydroxylation is 1. The number of furan rings is 1. The fourth-order valence-corrected chi connectivity index (χ4v) is 1.85. The lowest BCUT2D eigenvalue weighted by Crippen LogP contribution is -2.20. The molecule has 5 nitrogen and oxygen atoms in total. The highest BCUT2D eigenvalue weighted by molar-refractivity contribution is 5.93. The zero-order valence-corrected chi connectivity index (χ0v) is 11.0. The van der Waals surface area contributed by atoms with Gasteiger partial charge in [0.2, 0.25) is 0 Å². The van der Waals surface area contributed by atoms with E-state index in [1.165, 1.54) is 6.08 Å². The molecule has 5 heteroatoms. The highest BCUT2D eigenvalue weighted by Crippen LogP contribution is 2.18. The van der Waals surface area contributed by atoms with E-state index in [2.05, 4.69) is 0 Å². The number of carbonyl (C=O) groups is 2. The van der Waals surface area contributed by atoms with Crippen LogP contribution in [0.25, 0.3) is 0 Å². The lowest BCUT2D eigenvalue weighted by Gasteiger charge is -2.10. The maximum absolute atomic E-state index is 11.1. The number of allylic oxidation sites excluding steroid dienone is 1. The van der Waals surface area contributed by atoms with E-state index in [1.807, 2.05) is 13.0 Å². The number of hydrogen-bond donors (Lipinski definition) is 2. The Bertz CT molecular complexity index is 484. The van der Waals surface area contributed by atoms with Crippen molar-refractivity contribution in [3.05, 3.63) is 35.3 Å². The van der Waals surface area contributed by atoms with E-state index in [1.54, 1.807) is 13.2 Å². The monoisotopic (exact) mass is 266 g/mol. The molecule has 19 heavy (non-hydrogen) atoms. The molecular formula is C14H18O5. The summed E-state index contributed by atoms with van der Waals surface area (Å²) in [5.41, 5.74) is 0.769. The molecule has 104 valence electrons. The second-order valence-electron chi connectivity index (χ2n) is 4.24. The summed E-state index contributed by atoms with van der Waals surface area (Å²) in [6.07, 6.45) is 4.39. The van der Waals surface area contributed by atoms with Crippen LogP contribution in [0.2, 0.25) is 0 Å². The molecule has 2 N–H and O–H groups in total. The van der Waals surface area contributed by atoms with Crippen LogP contribution in [0.4, 0.5) is 0 Å². The molecule has 0 aliphatic carbocycles. The van der Waals surface area contributed by atoms with Crippen molar-refractivity contribution < 1.29 is 24.2 Å². The van der Waals surface area contributed by atoms with E-state index in [0.29, 0.717) is 6.42 Å². The summed E-state index contributed by atoms with van der Waals surface area (Å²) in [6.45, 7) is 3.61. The summed E-state index contributed by atoms with van der Waals surface area (Å²) in [6, 6.07) is 1.84. The molecule has 1 aromatic heterocycles. The number of carboxylic acid groups (broad SMARTS) is 2. The van der Waals surface area contributed by atoms with Gasteiger partial charge in [0, 0.05) is 12.0 Å². The van der Waals surface area contributed by atoms with E-state index in [9.17, 15) is 9.59 Å². The molecular weight excluding hydrogens is 248 g/mol. The van der Waals surface area contributed by atoms with Gasteiger partial charge in [0.05, 0.1) is 12.2 Å². The predicted molar refractivity (Wildman–Crippen MR) is 68.9 cm³/mol. The zero-order chi connectivity index (χ0) is 14.4. The van der Waals surface area contributed by atoms with Gasteiger partial charge in [-0.25, -0.2) is 4.79 Å². The molecule has 0 fully saturated rings. The molecule has 1 atom stereocenters. The molecule has 0 aliphatic rings. The largest absolute Gasteiger partial charge is 0.481 e. The minimum Gasteiger partial charge on any atom is -0.481 e. The Morgan fingerprint density at radius 1 is 1.37 bits per heavy atom. The maximum Gasteiger partial charge on any atom is 0.332 e. The van der Waals surface area contributed by atoms with Gasteiger partial charge in [0.1, 0.15) is 5.76 Å². The van der Waals surface area contributed by atoms with Crippen molar-refractivity contribution in [2.45, 2.75) is 33.1 Å². The van der Waals surface area contributed by atoms with E-state index in [-0.39, 0.29) is 12.0 Å². The van der Waals surface area contributed by atoms with Gasteiger partial charge in [-0.15, -0.1) is 0 Å². The first-order valence-corrected chi connectivity index (χ1v) is 6.22. The van der Waals surface area contributed by atoms with Crippen LogP contribution in [-0.4, -0.2) is 22.2 Å². The van der Waals surface area contributed by atoms with E-state index < -0.39 is 17.9 Å². The SMILES string of the molecule is CCc1cc(CC=C(C(=O)O)C(CC)C(=O)O)co1. The van der Waals surface area contributed by atoms with Crippen molar-refractivity contribution in [3.8, 4) is 0 Å². The van der Waals surface area contributed by atoms with Crippen molar-refractivity contribution in [1.29, 1.82) is 0 Å². The van der Waals surface area contributed by atoms with Crippen LogP contribution in [0.1, 0.15) is 31.6 Å². The smallest absolute Gasteiger partial charge is 0.332 e. The van der Waals surface area contributed by atoms with Gasteiger partial charge in [0.25, 0.3) is 0 Å². The minimum atomic E-state index is -1.19. The van der Waals surface area contributed by atoms with Crippen molar-refractivity contribution >= 4 is 11.9 Å². The molecule has 1 heterocycles. The fraction of sp³-hybridized carbons (Fsp3) is 0.429. The van der Waals surface area contributed by atoms with Crippen LogP contribution in [0, 0.1) is 5.92 Å². The Balaban J connectivity index is 2.89. The zero-order valence-electron chi connectivity index (χ0n) is 11.0. The third-order valence-electron chi connectivity index (χ3n) is 2.94. The number of hydrogen-bond acceptors (Lipinski definition) is 3. The van der Waals surface area contributed by atoms with E-state index in [4.69, 9.17) is 14.6 Å². The molecule has 0 saturated heterocycles. The van der Waals surface area contributed by atoms with Gasteiger partial charge in [-0.05, 0) is 24.5 Å². The molecule has 0 aromatic carbocycles. The highest BCUT2D eigenvalue weighted by Gasteiger charge is 2.25. The van der Waals surface area contributed by atoms with Gasteiger partial charge in [-0.2, -0.15) is 0 Å². The first-order chi connectivity index (χ1) is 8.99. The Labute approximate surface area is 111 Å². The lowest BCUT2D eigenvalue weighted by atomic mass is 9.95. The standard InChI is InChI=1S/C14H18O5/c1-3-10-7-9(8-19-10)5-6-12(14(17)18)11(4-2)13(15)16/h6-8,11H,3-5H2,1-2H3,(H,15,16)(H,17,18). The lowest BCUT2D eigenvalue weighted by molar-refractivity contribution is -0.143. The van der Waals surface area contributed by atoms with Crippen LogP contribution in [0.15, 0.2) is 28.4 Å². The predicted octanol–water partition coefficient (Wildman–Crippen LogP) is 2.51. The van der Waals surface area contributed by atoms with Gasteiger partial charge >= 0.3 is 11.9 Å². The summed E-state index contributed by atoms with van der Waals surface area (Å²) in [7, 11) is 0. The fourth-order valence-electron chi connectivity index (χ4n) is 1.85. The van der Waals surface area contributed by atoms with Gasteiger partial charge in [0.15, 0.2) is 0 Å². The summed E-state index contributed by atoms with van der Waals surface area (Å²) < 4.78 is 5.25. The molecule has 0 aliphatic heterocycles. The Kier molecular flexibility index (Phi) is 5.36. The van der Waals surface area contributed by atoms with Crippen LogP contribution in [-0.2, 0) is 22.4 Å². The Hall–Kier alpha value is -2.04. The maximum atomic E-state index is 11.1. The Morgan fingerprint density at radius 3 is 2.47 bits per heavy atom. The van der Waals surface area contributed by atoms with Crippen molar-refractivity contribution in [2.24, 2.45) is 5.92 Å². The van der Waals surface area contributed by atoms with E-state index in [0.717, 1.165) is 17.7 Å². The summed E-state index contributed by atoms with van der Waals surface area (Å²) >= 11 is 0. The van der Waals surface area contributed by atoms with Crippen molar-refractivity contribution in [3.63, 3.8) is 0 Å². The van der Waals surface area contributed by atoms with Crippen LogP contribution < -0.4 is 0 Å². The first kappa shape index (κ1) is 15.0. The van der Waals surface area contributed by atoms with Gasteiger partial charge in [-0.3, -0.25) is 4.79 Å². The van der Waals surface area contributed by atoms with Gasteiger partial charge in [-0.1, -0.05) is 19.9 Å². The molecule has 0 spiro atoms. The van der Waals surface area contributed by atoms with Crippen LogP contribution >= 0.6 is 0 Å². The first-order valence-electron chi connectivity index (χ1n) is 6.22. The normalized spacial score (nSPS) is 13.3. The molecule has 0 amide bonds. The van der Waals surface area contributed by atoms with Crippen LogP contribution in [0.5, 0.6) is 0 Å². The molecule has 0 radical (unpaired) electrons. The summed E-state index contributed by atoms with van der Waals surface area (Å²) in [5.74, 6) is -2.45. The summed E-state index contributed by atoms with van der Waals surface area (Å²) in [4.78, 5) is 22.1. The average Bonchev–Trinajstić information content (AvgIpc) is 2.81. The number of aliphatic carboxylic acids is 2. The highest BCUT2D eigenvalue weighted by atomic mass is 16.4. The molecule has 0 saturated carbocycles. The third-order valence-corrected chi connectivity index (χ3v) is 2.94. The topological polar surface area (TPSA) is 87.7 Å². The van der Waals surface area contributed by atoms with Crippen molar-refractivity contribution in [2.75, 3.05) is 0 Å². The summed E-state index contributed by atoms with van der Waals surface area (Å²) in [5, 5.41) is 18.1. The molecule has 1 unspecified atom stereocenters. The quantitative estimate of drug-likeness (QED) is 0.740. The number of carboxylic acids is 2. The number of rotatable bonds is 7. The second-order valence-corrected chi connectivity index (χ2v) is 4.24. The van der Waals surface area contributed by atoms with E-state index >= 15 is 0 Å². The Morgan fingerprint density at radius 2 is 2.05 bits per heavy atom. The van der Waals surface area contributed by atoms with Crippen molar-refractivity contribution in [1.82, 2.24) is 0 Å². The minimum absolute atomic E-state index is 0.0748. The average molecular weight is 266 g/mol. The second kappa shape index (κ2) is 6.78. The van der Waals surface area contributed by atoms with Crippen LogP contribution in [0.3, 0.4) is 0 Å². The molecule has 1 aromatic rings.